The predicted octanol–water partition coefficient (Wildman–Crippen LogP) is 2.12. The highest BCUT2D eigenvalue weighted by atomic mass is 16.5. The zero-order valence-electron chi connectivity index (χ0n) is 10.2. The molecule has 1 aromatic rings. The van der Waals surface area contributed by atoms with Gasteiger partial charge in [0.25, 0.3) is 0 Å². The highest BCUT2D eigenvalue weighted by Crippen LogP contribution is 2.29. The lowest BCUT2D eigenvalue weighted by atomic mass is 10.1. The largest absolute Gasteiger partial charge is 0.492 e. The summed E-state index contributed by atoms with van der Waals surface area (Å²) >= 11 is 0. The third-order valence-electron chi connectivity index (χ3n) is 2.97. The minimum absolute atomic E-state index is 0.588. The third-order valence-corrected chi connectivity index (χ3v) is 2.97. The fourth-order valence-electron chi connectivity index (χ4n) is 1.98. The Kier molecular flexibility index (Phi) is 4.09. The van der Waals surface area contributed by atoms with Crippen molar-refractivity contribution in [1.29, 1.82) is 0 Å². The lowest BCUT2D eigenvalue weighted by molar-refractivity contribution is 0.187. The molecule has 17 heavy (non-hydrogen) atoms. The molecule has 4 nitrogen and oxygen atoms in total. The number of hydrogen-bond acceptors (Lipinski definition) is 4. The van der Waals surface area contributed by atoms with E-state index in [9.17, 15) is 0 Å². The van der Waals surface area contributed by atoms with Crippen molar-refractivity contribution in [1.82, 2.24) is 0 Å². The number of hydrogen-bond donors (Lipinski definition) is 2. The number of rotatable bonds is 5. The van der Waals surface area contributed by atoms with Crippen LogP contribution in [0.2, 0.25) is 0 Å². The molecule has 1 aliphatic heterocycles. The Hall–Kier alpha value is -1.42. The molecular weight excluding hydrogens is 216 g/mol. The molecule has 1 atom stereocenters. The number of nitrogens with two attached hydrogens (primary N) is 1. The Balaban J connectivity index is 1.97. The number of ether oxygens (including phenoxy) is 2. The second-order valence-corrected chi connectivity index (χ2v) is 4.26. The maximum Gasteiger partial charge on any atom is 0.144 e. The van der Waals surface area contributed by atoms with E-state index in [2.05, 4.69) is 5.32 Å². The Labute approximate surface area is 102 Å². The van der Waals surface area contributed by atoms with E-state index in [1.807, 2.05) is 25.1 Å². The van der Waals surface area contributed by atoms with Crippen LogP contribution in [0, 0.1) is 5.92 Å². The van der Waals surface area contributed by atoms with Crippen molar-refractivity contribution in [2.75, 3.05) is 37.4 Å². The summed E-state index contributed by atoms with van der Waals surface area (Å²) in [6, 6.07) is 5.82. The molecule has 2 rings (SSSR count). The fraction of sp³-hybridized carbons (Fsp3) is 0.538. The Morgan fingerprint density at radius 3 is 3.12 bits per heavy atom. The Morgan fingerprint density at radius 2 is 2.41 bits per heavy atom. The van der Waals surface area contributed by atoms with Crippen LogP contribution in [0.5, 0.6) is 5.75 Å². The monoisotopic (exact) mass is 236 g/mol. The van der Waals surface area contributed by atoms with Gasteiger partial charge in [-0.3, -0.25) is 0 Å². The molecule has 0 spiro atoms. The molecule has 3 N–H and O–H groups in total. The van der Waals surface area contributed by atoms with Gasteiger partial charge in [-0.05, 0) is 25.5 Å². The van der Waals surface area contributed by atoms with E-state index in [4.69, 9.17) is 15.2 Å². The zero-order chi connectivity index (χ0) is 12.1. The van der Waals surface area contributed by atoms with Crippen molar-refractivity contribution in [3.05, 3.63) is 18.2 Å². The molecule has 1 saturated heterocycles. The minimum atomic E-state index is 0.588. The van der Waals surface area contributed by atoms with Crippen LogP contribution in [0.15, 0.2) is 18.2 Å². The van der Waals surface area contributed by atoms with Crippen molar-refractivity contribution in [3.63, 3.8) is 0 Å². The van der Waals surface area contributed by atoms with E-state index in [1.54, 1.807) is 0 Å². The van der Waals surface area contributed by atoms with Crippen molar-refractivity contribution < 1.29 is 9.47 Å². The molecule has 1 aliphatic rings. The first-order chi connectivity index (χ1) is 8.31. The van der Waals surface area contributed by atoms with Crippen LogP contribution in [0.25, 0.3) is 0 Å². The maximum atomic E-state index is 6.04. The van der Waals surface area contributed by atoms with E-state index >= 15 is 0 Å². The number of nitrogens with one attached hydrogen (secondary N) is 1. The van der Waals surface area contributed by atoms with Gasteiger partial charge in [-0.15, -0.1) is 0 Å². The number of benzene rings is 1. The highest BCUT2D eigenvalue weighted by Gasteiger charge is 2.15. The second kappa shape index (κ2) is 5.77. The molecule has 0 radical (unpaired) electrons. The van der Waals surface area contributed by atoms with Crippen molar-refractivity contribution >= 4 is 11.4 Å². The fourth-order valence-corrected chi connectivity index (χ4v) is 1.98. The minimum Gasteiger partial charge on any atom is -0.492 e. The molecule has 4 heteroatoms. The van der Waals surface area contributed by atoms with Crippen LogP contribution < -0.4 is 15.8 Å². The molecule has 0 saturated carbocycles. The molecule has 0 bridgehead atoms. The van der Waals surface area contributed by atoms with Crippen molar-refractivity contribution in [3.8, 4) is 5.75 Å². The standard InChI is InChI=1S/C13H20N2O2/c1-2-17-12-5-3-4-11(13(12)14)15-8-10-6-7-16-9-10/h3-5,10,15H,2,6-9,14H2,1H3. The van der Waals surface area contributed by atoms with Crippen molar-refractivity contribution in [2.24, 2.45) is 5.92 Å². The molecule has 0 aliphatic carbocycles. The number of nitrogen functional groups attached to an aromatic ring is 1. The molecule has 1 fully saturated rings. The summed E-state index contributed by atoms with van der Waals surface area (Å²) in [5, 5.41) is 3.37. The molecule has 1 aromatic carbocycles. The Bertz CT molecular complexity index is 362. The van der Waals surface area contributed by atoms with Gasteiger partial charge in [0.1, 0.15) is 5.75 Å². The molecule has 1 heterocycles. The van der Waals surface area contributed by atoms with Gasteiger partial charge in [-0.25, -0.2) is 0 Å². The first-order valence-electron chi connectivity index (χ1n) is 6.14. The normalized spacial score (nSPS) is 19.2. The van der Waals surface area contributed by atoms with Gasteiger partial charge in [0.15, 0.2) is 0 Å². The second-order valence-electron chi connectivity index (χ2n) is 4.26. The first kappa shape index (κ1) is 12.0. The van der Waals surface area contributed by atoms with Crippen LogP contribution in [0.4, 0.5) is 11.4 Å². The van der Waals surface area contributed by atoms with E-state index in [0.717, 1.165) is 37.6 Å². The van der Waals surface area contributed by atoms with E-state index in [1.165, 1.54) is 0 Å². The lowest BCUT2D eigenvalue weighted by Crippen LogP contribution is -2.15. The van der Waals surface area contributed by atoms with Gasteiger partial charge in [-0.2, -0.15) is 0 Å². The SMILES string of the molecule is CCOc1cccc(NCC2CCOC2)c1N. The highest BCUT2D eigenvalue weighted by molar-refractivity contribution is 5.72. The van der Waals surface area contributed by atoms with Crippen molar-refractivity contribution in [2.45, 2.75) is 13.3 Å². The molecule has 0 aromatic heterocycles. The summed E-state index contributed by atoms with van der Waals surface area (Å²) in [5.74, 6) is 1.34. The maximum absolute atomic E-state index is 6.04. The van der Waals surface area contributed by atoms with Gasteiger partial charge in [0.2, 0.25) is 0 Å². The molecule has 94 valence electrons. The molecule has 0 amide bonds. The molecule has 1 unspecified atom stereocenters. The predicted molar refractivity (Wildman–Crippen MR) is 69.4 cm³/mol. The van der Waals surface area contributed by atoms with Crippen LogP contribution >= 0.6 is 0 Å². The lowest BCUT2D eigenvalue weighted by Gasteiger charge is -2.15. The van der Waals surface area contributed by atoms with E-state index in [0.29, 0.717) is 18.2 Å². The summed E-state index contributed by atoms with van der Waals surface area (Å²) < 4.78 is 10.8. The summed E-state index contributed by atoms with van der Waals surface area (Å²) in [6.45, 7) is 5.21. The summed E-state index contributed by atoms with van der Waals surface area (Å²) in [6.07, 6.45) is 1.12. The van der Waals surface area contributed by atoms with Crippen LogP contribution in [-0.4, -0.2) is 26.4 Å². The number of anilines is 2. The quantitative estimate of drug-likeness (QED) is 0.769. The topological polar surface area (TPSA) is 56.5 Å². The molecular formula is C13H20N2O2. The zero-order valence-corrected chi connectivity index (χ0v) is 10.2. The van der Waals surface area contributed by atoms with Gasteiger partial charge in [0, 0.05) is 19.1 Å². The summed E-state index contributed by atoms with van der Waals surface area (Å²) in [7, 11) is 0. The Morgan fingerprint density at radius 1 is 1.53 bits per heavy atom. The smallest absolute Gasteiger partial charge is 0.144 e. The van der Waals surface area contributed by atoms with Crippen LogP contribution in [-0.2, 0) is 4.74 Å². The van der Waals surface area contributed by atoms with Gasteiger partial charge < -0.3 is 20.5 Å². The van der Waals surface area contributed by atoms with Gasteiger partial charge in [-0.1, -0.05) is 6.07 Å². The number of para-hydroxylation sites is 1. The summed E-state index contributed by atoms with van der Waals surface area (Å²) in [5.41, 5.74) is 7.67. The van der Waals surface area contributed by atoms with Gasteiger partial charge >= 0.3 is 0 Å². The average Bonchev–Trinajstić information content (AvgIpc) is 2.83. The van der Waals surface area contributed by atoms with Gasteiger partial charge in [0.05, 0.1) is 24.6 Å². The van der Waals surface area contributed by atoms with Crippen LogP contribution in [0.3, 0.4) is 0 Å². The summed E-state index contributed by atoms with van der Waals surface area (Å²) in [4.78, 5) is 0. The third kappa shape index (κ3) is 3.03. The average molecular weight is 236 g/mol. The van der Waals surface area contributed by atoms with E-state index in [-0.39, 0.29) is 0 Å². The van der Waals surface area contributed by atoms with E-state index < -0.39 is 0 Å². The van der Waals surface area contributed by atoms with Crippen LogP contribution in [0.1, 0.15) is 13.3 Å². The first-order valence-corrected chi connectivity index (χ1v) is 6.14.